The zero-order valence-electron chi connectivity index (χ0n) is 12.1. The molecule has 6 heteroatoms. The predicted octanol–water partition coefficient (Wildman–Crippen LogP) is 2.66. The molecule has 116 valence electrons. The van der Waals surface area contributed by atoms with E-state index in [4.69, 9.17) is 8.92 Å². The van der Waals surface area contributed by atoms with Crippen LogP contribution in [0.1, 0.15) is 18.1 Å². The summed E-state index contributed by atoms with van der Waals surface area (Å²) in [6, 6.07) is 15.0. The van der Waals surface area contributed by atoms with Gasteiger partial charge in [-0.1, -0.05) is 42.5 Å². The lowest BCUT2D eigenvalue weighted by Gasteiger charge is -2.10. The first-order valence-electron chi connectivity index (χ1n) is 6.63. The molecule has 0 bridgehead atoms. The van der Waals surface area contributed by atoms with Gasteiger partial charge in [-0.2, -0.15) is 8.42 Å². The van der Waals surface area contributed by atoms with Crippen LogP contribution in [0.2, 0.25) is 0 Å². The fourth-order valence-corrected chi connectivity index (χ4v) is 2.72. The van der Waals surface area contributed by atoms with Crippen LogP contribution in [0.4, 0.5) is 0 Å². The van der Waals surface area contributed by atoms with E-state index in [0.717, 1.165) is 0 Å². The smallest absolute Gasteiger partial charge is 0.302 e. The van der Waals surface area contributed by atoms with Gasteiger partial charge >= 0.3 is 5.97 Å². The van der Waals surface area contributed by atoms with Gasteiger partial charge in [0.05, 0.1) is 11.5 Å². The minimum Gasteiger partial charge on any atom is -0.461 e. The van der Waals surface area contributed by atoms with Crippen molar-refractivity contribution in [3.63, 3.8) is 0 Å². The molecule has 0 aromatic heterocycles. The second-order valence-electron chi connectivity index (χ2n) is 4.58. The second-order valence-corrected chi connectivity index (χ2v) is 6.19. The zero-order chi connectivity index (χ0) is 16.0. The first kappa shape index (κ1) is 16.2. The Bertz CT molecular complexity index is 738. The van der Waals surface area contributed by atoms with E-state index in [-0.39, 0.29) is 18.1 Å². The molecule has 0 heterocycles. The molecule has 0 spiro atoms. The first-order chi connectivity index (χ1) is 10.5. The van der Waals surface area contributed by atoms with Crippen LogP contribution in [-0.2, 0) is 37.0 Å². The number of hydrogen-bond donors (Lipinski definition) is 0. The quantitative estimate of drug-likeness (QED) is 0.604. The van der Waals surface area contributed by atoms with Crippen LogP contribution in [0.25, 0.3) is 0 Å². The maximum absolute atomic E-state index is 12.1. The summed E-state index contributed by atoms with van der Waals surface area (Å²) in [7, 11) is -3.81. The summed E-state index contributed by atoms with van der Waals surface area (Å²) in [5.41, 5.74) is 1.37. The molecule has 0 fully saturated rings. The average Bonchev–Trinajstić information content (AvgIpc) is 2.52. The van der Waals surface area contributed by atoms with Crippen LogP contribution >= 0.6 is 0 Å². The molecule has 5 nitrogen and oxygen atoms in total. The van der Waals surface area contributed by atoms with E-state index < -0.39 is 16.1 Å². The van der Waals surface area contributed by atoms with E-state index in [1.54, 1.807) is 42.5 Å². The lowest BCUT2D eigenvalue weighted by Crippen LogP contribution is -2.08. The number of rotatable bonds is 6. The zero-order valence-corrected chi connectivity index (χ0v) is 12.9. The Kier molecular flexibility index (Phi) is 5.30. The number of hydrogen-bond acceptors (Lipinski definition) is 5. The summed E-state index contributed by atoms with van der Waals surface area (Å²) in [6.45, 7) is 1.29. The summed E-state index contributed by atoms with van der Waals surface area (Å²) in [4.78, 5) is 11.0. The van der Waals surface area contributed by atoms with Crippen molar-refractivity contribution in [3.8, 4) is 0 Å². The molecule has 0 aliphatic carbocycles. The monoisotopic (exact) mass is 320 g/mol. The lowest BCUT2D eigenvalue weighted by molar-refractivity contribution is -0.142. The van der Waals surface area contributed by atoms with Crippen LogP contribution in [-0.4, -0.2) is 14.4 Å². The van der Waals surface area contributed by atoms with Gasteiger partial charge in [0.2, 0.25) is 0 Å². The van der Waals surface area contributed by atoms with Crippen LogP contribution in [0.15, 0.2) is 59.5 Å². The second kappa shape index (κ2) is 7.20. The molecular formula is C16H16O5S. The van der Waals surface area contributed by atoms with Crippen molar-refractivity contribution in [2.75, 3.05) is 0 Å². The highest BCUT2D eigenvalue weighted by molar-refractivity contribution is 7.86. The standard InChI is InChI=1S/C16H16O5S/c1-13(17)20-11-14-7-5-6-8-15(14)12-21-22(18,19)16-9-3-2-4-10-16/h2-10H,11-12H2,1H3. The maximum Gasteiger partial charge on any atom is 0.302 e. The predicted molar refractivity (Wildman–Crippen MR) is 80.3 cm³/mol. The van der Waals surface area contributed by atoms with Crippen molar-refractivity contribution >= 4 is 16.1 Å². The molecule has 0 saturated carbocycles. The Morgan fingerprint density at radius 1 is 0.909 bits per heavy atom. The fraction of sp³-hybridized carbons (Fsp3) is 0.188. The first-order valence-corrected chi connectivity index (χ1v) is 8.04. The van der Waals surface area contributed by atoms with Crippen molar-refractivity contribution in [1.29, 1.82) is 0 Å². The highest BCUT2D eigenvalue weighted by Gasteiger charge is 2.15. The summed E-state index contributed by atoms with van der Waals surface area (Å²) < 4.78 is 34.2. The van der Waals surface area contributed by atoms with E-state index in [2.05, 4.69) is 0 Å². The van der Waals surface area contributed by atoms with E-state index in [1.807, 2.05) is 0 Å². The van der Waals surface area contributed by atoms with Gasteiger partial charge in [-0.05, 0) is 23.3 Å². The number of benzene rings is 2. The molecule has 2 aromatic carbocycles. The van der Waals surface area contributed by atoms with Gasteiger partial charge in [0.1, 0.15) is 6.61 Å². The highest BCUT2D eigenvalue weighted by Crippen LogP contribution is 2.17. The Hall–Kier alpha value is -2.18. The van der Waals surface area contributed by atoms with Crippen molar-refractivity contribution < 1.29 is 22.1 Å². The molecule has 2 rings (SSSR count). The maximum atomic E-state index is 12.1. The third kappa shape index (κ3) is 4.41. The number of esters is 1. The van der Waals surface area contributed by atoms with Crippen LogP contribution < -0.4 is 0 Å². The molecule has 0 radical (unpaired) electrons. The van der Waals surface area contributed by atoms with Crippen molar-refractivity contribution in [2.24, 2.45) is 0 Å². The van der Waals surface area contributed by atoms with Gasteiger partial charge in [-0.25, -0.2) is 0 Å². The molecule has 0 aliphatic heterocycles. The van der Waals surface area contributed by atoms with Crippen LogP contribution in [0.5, 0.6) is 0 Å². The molecule has 0 N–H and O–H groups in total. The molecule has 0 atom stereocenters. The summed E-state index contributed by atoms with van der Waals surface area (Å²) in [5.74, 6) is -0.396. The minimum atomic E-state index is -3.81. The van der Waals surface area contributed by atoms with Crippen LogP contribution in [0.3, 0.4) is 0 Å². The lowest BCUT2D eigenvalue weighted by atomic mass is 10.1. The molecule has 0 saturated heterocycles. The van der Waals surface area contributed by atoms with Gasteiger partial charge in [0, 0.05) is 6.92 Å². The van der Waals surface area contributed by atoms with E-state index in [9.17, 15) is 13.2 Å². The third-order valence-electron chi connectivity index (χ3n) is 2.95. The number of carbonyl (C=O) groups is 1. The molecular weight excluding hydrogens is 304 g/mol. The van der Waals surface area contributed by atoms with Gasteiger partial charge in [-0.15, -0.1) is 0 Å². The summed E-state index contributed by atoms with van der Waals surface area (Å²) in [5, 5.41) is 0. The third-order valence-corrected chi connectivity index (χ3v) is 4.23. The van der Waals surface area contributed by atoms with Crippen molar-refractivity contribution in [3.05, 3.63) is 65.7 Å². The molecule has 22 heavy (non-hydrogen) atoms. The summed E-state index contributed by atoms with van der Waals surface area (Å²) >= 11 is 0. The Labute approximate surface area is 129 Å². The largest absolute Gasteiger partial charge is 0.461 e. The van der Waals surface area contributed by atoms with E-state index >= 15 is 0 Å². The minimum absolute atomic E-state index is 0.0836. The average molecular weight is 320 g/mol. The topological polar surface area (TPSA) is 69.7 Å². The Balaban J connectivity index is 2.10. The van der Waals surface area contributed by atoms with Crippen molar-refractivity contribution in [2.45, 2.75) is 25.0 Å². The van der Waals surface area contributed by atoms with Crippen LogP contribution in [0, 0.1) is 0 Å². The molecule has 2 aromatic rings. The number of ether oxygens (including phenoxy) is 1. The van der Waals surface area contributed by atoms with Gasteiger partial charge < -0.3 is 4.74 Å². The van der Waals surface area contributed by atoms with E-state index in [1.165, 1.54) is 19.1 Å². The Morgan fingerprint density at radius 3 is 2.05 bits per heavy atom. The molecule has 0 amide bonds. The molecule has 0 unspecified atom stereocenters. The van der Waals surface area contributed by atoms with Gasteiger partial charge in [-0.3, -0.25) is 8.98 Å². The Morgan fingerprint density at radius 2 is 1.45 bits per heavy atom. The highest BCUT2D eigenvalue weighted by atomic mass is 32.2. The van der Waals surface area contributed by atoms with Gasteiger partial charge in [0.25, 0.3) is 10.1 Å². The summed E-state index contributed by atoms with van der Waals surface area (Å²) in [6.07, 6.45) is 0. The fourth-order valence-electron chi connectivity index (χ4n) is 1.81. The number of carbonyl (C=O) groups excluding carboxylic acids is 1. The molecule has 0 aliphatic rings. The van der Waals surface area contributed by atoms with Crippen molar-refractivity contribution in [1.82, 2.24) is 0 Å². The normalized spacial score (nSPS) is 11.1. The SMILES string of the molecule is CC(=O)OCc1ccccc1COS(=O)(=O)c1ccccc1. The van der Waals surface area contributed by atoms with E-state index in [0.29, 0.717) is 11.1 Å². The van der Waals surface area contributed by atoms with Gasteiger partial charge in [0.15, 0.2) is 0 Å².